The minimum Gasteiger partial charge on any atom is -0.330 e. The van der Waals surface area contributed by atoms with Gasteiger partial charge in [0, 0.05) is 34.1 Å². The summed E-state index contributed by atoms with van der Waals surface area (Å²) in [5.74, 6) is -0.118. The number of anilines is 4. The zero-order chi connectivity index (χ0) is 51.5. The maximum atomic E-state index is 14.3. The van der Waals surface area contributed by atoms with Crippen molar-refractivity contribution in [3.05, 3.63) is 298 Å². The molecule has 0 radical (unpaired) electrons. The SMILES string of the molecule is Cc1ccc(N(C2=C3C=CC4=C5C(=CC=C(C=C2)C35)C(N(c2ccc(C(F)(F)F)cc2)c2ccc(-c3ccccc3C)cc2-c2ccccc2C)C=C4)c2ccc(-c3ccccc3C)cc2-c2ccccc2C)cc1. The predicted octanol–water partition coefficient (Wildman–Crippen LogP) is 19.0. The third kappa shape index (κ3) is 8.52. The topological polar surface area (TPSA) is 6.48 Å². The average molecular weight is 981 g/mol. The number of aryl methyl sites for hydroxylation is 5. The highest BCUT2D eigenvalue weighted by atomic mass is 19.4. The molecule has 0 aromatic heterocycles. The summed E-state index contributed by atoms with van der Waals surface area (Å²) in [6.45, 7) is 10.7. The highest BCUT2D eigenvalue weighted by Gasteiger charge is 2.41. The molecule has 2 atom stereocenters. The molecule has 0 spiro atoms. The Morgan fingerprint density at radius 2 is 0.960 bits per heavy atom. The predicted molar refractivity (Wildman–Crippen MR) is 305 cm³/mol. The maximum absolute atomic E-state index is 14.3. The molecule has 0 amide bonds. The Balaban J connectivity index is 1.04. The van der Waals surface area contributed by atoms with Crippen molar-refractivity contribution in [3.63, 3.8) is 0 Å². The van der Waals surface area contributed by atoms with E-state index in [4.69, 9.17) is 0 Å². The monoisotopic (exact) mass is 980 g/mol. The fourth-order valence-corrected chi connectivity index (χ4v) is 11.7. The molecule has 0 aliphatic heterocycles. The standard InChI is InChI=1S/C70H55F3N2/c1-44-22-32-54(33-23-44)74(66-40-28-51(56-18-10-6-14-45(56)2)42-62(66)58-20-12-8-16-47(58)4)64-38-26-49-25-37-61-65(39-27-50-24-36-60(64)68(49)69(50)61)75(55-34-30-53(31-35-55)70(71,72)73)67-41-29-52(57-19-11-7-15-46(57)3)43-63(67)59-21-13-9-17-48(59)5/h6-43,65,68H,1-5H3. The van der Waals surface area contributed by atoms with Crippen LogP contribution in [0.1, 0.15) is 33.4 Å². The Morgan fingerprint density at radius 1 is 0.440 bits per heavy atom. The van der Waals surface area contributed by atoms with Crippen LogP contribution in [0.5, 0.6) is 0 Å². The van der Waals surface area contributed by atoms with Gasteiger partial charge >= 0.3 is 6.18 Å². The van der Waals surface area contributed by atoms with Crippen molar-refractivity contribution in [1.82, 2.24) is 0 Å². The van der Waals surface area contributed by atoms with E-state index in [1.54, 1.807) is 12.1 Å². The molecule has 0 saturated heterocycles. The van der Waals surface area contributed by atoms with Gasteiger partial charge in [0.1, 0.15) is 0 Å². The van der Waals surface area contributed by atoms with Crippen LogP contribution in [0.25, 0.3) is 44.5 Å². The van der Waals surface area contributed by atoms with Crippen molar-refractivity contribution in [2.24, 2.45) is 5.92 Å². The van der Waals surface area contributed by atoms with Crippen LogP contribution in [0.4, 0.5) is 35.9 Å². The smallest absolute Gasteiger partial charge is 0.330 e. The first kappa shape index (κ1) is 47.3. The minimum atomic E-state index is -4.48. The van der Waals surface area contributed by atoms with Gasteiger partial charge in [-0.3, -0.25) is 0 Å². The van der Waals surface area contributed by atoms with Crippen molar-refractivity contribution < 1.29 is 13.2 Å². The first-order valence-corrected chi connectivity index (χ1v) is 25.7. The molecule has 12 rings (SSSR count). The third-order valence-electron chi connectivity index (χ3n) is 15.5. The van der Waals surface area contributed by atoms with Crippen molar-refractivity contribution >= 4 is 22.7 Å². The summed E-state index contributed by atoms with van der Waals surface area (Å²) < 4.78 is 43.0. The second kappa shape index (κ2) is 19.0. The second-order valence-electron chi connectivity index (χ2n) is 20.2. The molecule has 2 unspecified atom stereocenters. The number of allylic oxidation sites excluding steroid dienone is 10. The summed E-state index contributed by atoms with van der Waals surface area (Å²) in [5.41, 5.74) is 24.6. The molecule has 75 heavy (non-hydrogen) atoms. The second-order valence-corrected chi connectivity index (χ2v) is 20.2. The van der Waals surface area contributed by atoms with E-state index in [0.717, 1.165) is 78.4 Å². The lowest BCUT2D eigenvalue weighted by atomic mass is 9.67. The summed E-state index contributed by atoms with van der Waals surface area (Å²) >= 11 is 0. The van der Waals surface area contributed by atoms with Gasteiger partial charge in [-0.05, 0) is 185 Å². The molecule has 0 heterocycles. The van der Waals surface area contributed by atoms with Crippen LogP contribution in [-0.4, -0.2) is 6.04 Å². The van der Waals surface area contributed by atoms with Crippen molar-refractivity contribution in [3.8, 4) is 44.5 Å². The van der Waals surface area contributed by atoms with E-state index in [9.17, 15) is 13.2 Å². The lowest BCUT2D eigenvalue weighted by Crippen LogP contribution is -2.37. The third-order valence-corrected chi connectivity index (χ3v) is 15.5. The van der Waals surface area contributed by atoms with E-state index in [1.165, 1.54) is 56.7 Å². The fourth-order valence-electron chi connectivity index (χ4n) is 11.7. The number of rotatable bonds is 10. The Bertz CT molecular complexity index is 3820. The van der Waals surface area contributed by atoms with Gasteiger partial charge in [-0.2, -0.15) is 13.2 Å². The maximum Gasteiger partial charge on any atom is 0.416 e. The van der Waals surface area contributed by atoms with Crippen LogP contribution in [0.3, 0.4) is 0 Å². The Morgan fingerprint density at radius 3 is 1.52 bits per heavy atom. The van der Waals surface area contributed by atoms with Crippen molar-refractivity contribution in [2.45, 2.75) is 46.8 Å². The number of alkyl halides is 3. The van der Waals surface area contributed by atoms with Gasteiger partial charge < -0.3 is 9.80 Å². The molecular weight excluding hydrogens is 926 g/mol. The first-order valence-electron chi connectivity index (χ1n) is 25.7. The van der Waals surface area contributed by atoms with E-state index in [0.29, 0.717) is 5.69 Å². The fraction of sp³-hybridized carbons (Fsp3) is 0.114. The number of hydrogen-bond donors (Lipinski definition) is 0. The van der Waals surface area contributed by atoms with Crippen LogP contribution >= 0.6 is 0 Å². The molecule has 0 N–H and O–H groups in total. The largest absolute Gasteiger partial charge is 0.416 e. The summed E-state index contributed by atoms with van der Waals surface area (Å²) in [5, 5.41) is 0. The van der Waals surface area contributed by atoms with Crippen LogP contribution in [0, 0.1) is 40.5 Å². The van der Waals surface area contributed by atoms with Crippen LogP contribution in [-0.2, 0) is 6.18 Å². The zero-order valence-electron chi connectivity index (χ0n) is 42.6. The van der Waals surface area contributed by atoms with Gasteiger partial charge in [-0.25, -0.2) is 0 Å². The van der Waals surface area contributed by atoms with Crippen LogP contribution in [0.2, 0.25) is 0 Å². The molecule has 0 saturated carbocycles. The molecule has 0 fully saturated rings. The van der Waals surface area contributed by atoms with Gasteiger partial charge in [0.15, 0.2) is 0 Å². The number of hydrogen-bond acceptors (Lipinski definition) is 2. The van der Waals surface area contributed by atoms with Crippen LogP contribution in [0.15, 0.2) is 264 Å². The molecule has 4 aliphatic rings. The Hall–Kier alpha value is -8.67. The molecule has 5 heteroatoms. The minimum absolute atomic E-state index is 0.118. The lowest BCUT2D eigenvalue weighted by Gasteiger charge is -2.44. The highest BCUT2D eigenvalue weighted by molar-refractivity contribution is 5.92. The molecule has 366 valence electrons. The molecule has 8 aromatic carbocycles. The van der Waals surface area contributed by atoms with Gasteiger partial charge in [0.25, 0.3) is 0 Å². The van der Waals surface area contributed by atoms with E-state index in [2.05, 4.69) is 245 Å². The first-order chi connectivity index (χ1) is 36.4. The Labute approximate surface area is 438 Å². The van der Waals surface area contributed by atoms with E-state index in [1.807, 2.05) is 6.07 Å². The number of benzene rings is 8. The van der Waals surface area contributed by atoms with Crippen molar-refractivity contribution in [1.29, 1.82) is 0 Å². The van der Waals surface area contributed by atoms with E-state index < -0.39 is 11.7 Å². The average Bonchev–Trinajstić information content (AvgIpc) is 3.45. The normalized spacial score (nSPS) is 16.4. The molecule has 0 bridgehead atoms. The summed E-state index contributed by atoms with van der Waals surface area (Å²) in [4.78, 5) is 4.69. The summed E-state index contributed by atoms with van der Waals surface area (Å²) in [7, 11) is 0. The molecular formula is C70H55F3N2. The highest BCUT2D eigenvalue weighted by Crippen LogP contribution is 2.54. The molecule has 8 aromatic rings. The number of halogens is 3. The summed E-state index contributed by atoms with van der Waals surface area (Å²) in [6, 6.07) is 61.5. The molecule has 2 nitrogen and oxygen atoms in total. The number of nitrogens with zero attached hydrogens (tertiary/aromatic N) is 2. The lowest BCUT2D eigenvalue weighted by molar-refractivity contribution is -0.137. The van der Waals surface area contributed by atoms with Crippen molar-refractivity contribution in [2.75, 3.05) is 9.80 Å². The van der Waals surface area contributed by atoms with E-state index >= 15 is 0 Å². The quantitative estimate of drug-likeness (QED) is 0.135. The van der Waals surface area contributed by atoms with Gasteiger partial charge in [0.2, 0.25) is 0 Å². The van der Waals surface area contributed by atoms with Crippen LogP contribution < -0.4 is 9.80 Å². The van der Waals surface area contributed by atoms with Gasteiger partial charge in [-0.1, -0.05) is 169 Å². The van der Waals surface area contributed by atoms with Gasteiger partial charge in [0.05, 0.1) is 23.0 Å². The summed E-state index contributed by atoms with van der Waals surface area (Å²) in [6.07, 6.45) is 13.5. The molecule has 4 aliphatic carbocycles. The zero-order valence-corrected chi connectivity index (χ0v) is 42.6. The van der Waals surface area contributed by atoms with E-state index in [-0.39, 0.29) is 12.0 Å². The Kier molecular flexibility index (Phi) is 12.0. The van der Waals surface area contributed by atoms with Gasteiger partial charge in [-0.15, -0.1) is 0 Å².